The van der Waals surface area contributed by atoms with Crippen molar-refractivity contribution in [2.45, 2.75) is 58.5 Å². The van der Waals surface area contributed by atoms with E-state index in [1.165, 1.54) is 12.0 Å². The van der Waals surface area contributed by atoms with Crippen molar-refractivity contribution in [1.29, 1.82) is 0 Å². The molecular formula is C27H34N2O2. The van der Waals surface area contributed by atoms with Crippen LogP contribution in [0.15, 0.2) is 54.6 Å². The monoisotopic (exact) mass is 418 g/mol. The lowest BCUT2D eigenvalue weighted by atomic mass is 9.76. The van der Waals surface area contributed by atoms with E-state index in [-0.39, 0.29) is 24.4 Å². The standard InChI is InChI=1S/C27H34N2O2/c1-19-12-14-23(15-13-19)26-27(31)29(24-11-7-8-20(2)21(24)3)18-25(30)28(26)17-16-22-9-5-4-6-10-22/h4-6,9-10,12-15,20-21,24,26H,7-8,11,16-18H2,1-3H3. The third-order valence-corrected chi connectivity index (χ3v) is 7.40. The Hall–Kier alpha value is -2.62. The van der Waals surface area contributed by atoms with Gasteiger partial charge in [-0.2, -0.15) is 0 Å². The van der Waals surface area contributed by atoms with E-state index in [1.54, 1.807) is 0 Å². The fourth-order valence-electron chi connectivity index (χ4n) is 5.24. The van der Waals surface area contributed by atoms with Gasteiger partial charge < -0.3 is 9.80 Å². The van der Waals surface area contributed by atoms with Gasteiger partial charge in [0.2, 0.25) is 5.91 Å². The van der Waals surface area contributed by atoms with Crippen molar-refractivity contribution in [3.63, 3.8) is 0 Å². The molecule has 0 bridgehead atoms. The van der Waals surface area contributed by atoms with E-state index in [9.17, 15) is 9.59 Å². The zero-order valence-electron chi connectivity index (χ0n) is 19.0. The van der Waals surface area contributed by atoms with Gasteiger partial charge in [0.15, 0.2) is 0 Å². The first-order chi connectivity index (χ1) is 15.0. The SMILES string of the molecule is Cc1ccc(C2C(=O)N(C3CCCC(C)C3C)CC(=O)N2CCc2ccccc2)cc1. The molecule has 164 valence electrons. The minimum atomic E-state index is -0.532. The molecule has 0 radical (unpaired) electrons. The molecule has 2 aromatic carbocycles. The van der Waals surface area contributed by atoms with E-state index >= 15 is 0 Å². The normalized spacial score (nSPS) is 26.9. The second kappa shape index (κ2) is 9.25. The Balaban J connectivity index is 1.63. The van der Waals surface area contributed by atoms with Crippen molar-refractivity contribution in [2.24, 2.45) is 11.8 Å². The minimum absolute atomic E-state index is 0.0616. The summed E-state index contributed by atoms with van der Waals surface area (Å²) in [6, 6.07) is 17.9. The summed E-state index contributed by atoms with van der Waals surface area (Å²) in [6.07, 6.45) is 4.08. The molecule has 4 nitrogen and oxygen atoms in total. The van der Waals surface area contributed by atoms with Gasteiger partial charge >= 0.3 is 0 Å². The van der Waals surface area contributed by atoms with E-state index in [0.717, 1.165) is 30.4 Å². The van der Waals surface area contributed by atoms with E-state index in [1.807, 2.05) is 59.2 Å². The fourth-order valence-corrected chi connectivity index (χ4v) is 5.24. The third-order valence-electron chi connectivity index (χ3n) is 7.40. The highest BCUT2D eigenvalue weighted by atomic mass is 16.2. The minimum Gasteiger partial charge on any atom is -0.328 e. The van der Waals surface area contributed by atoms with Crippen LogP contribution in [0.1, 0.15) is 55.8 Å². The van der Waals surface area contributed by atoms with Crippen molar-refractivity contribution < 1.29 is 9.59 Å². The van der Waals surface area contributed by atoms with Crippen molar-refractivity contribution in [1.82, 2.24) is 9.80 Å². The summed E-state index contributed by atoms with van der Waals surface area (Å²) in [5.74, 6) is 1.14. The number of carbonyl (C=O) groups is 2. The number of benzene rings is 2. The molecule has 4 unspecified atom stereocenters. The largest absolute Gasteiger partial charge is 0.328 e. The highest BCUT2D eigenvalue weighted by Crippen LogP contribution is 2.37. The molecule has 4 atom stereocenters. The van der Waals surface area contributed by atoms with Gasteiger partial charge in [0.25, 0.3) is 5.91 Å². The maximum Gasteiger partial charge on any atom is 0.250 e. The molecule has 4 heteroatoms. The Bertz CT molecular complexity index is 909. The number of piperazine rings is 1. The molecule has 1 heterocycles. The molecule has 1 saturated heterocycles. The summed E-state index contributed by atoms with van der Waals surface area (Å²) in [6.45, 7) is 7.32. The lowest BCUT2D eigenvalue weighted by Crippen LogP contribution is -2.60. The summed E-state index contributed by atoms with van der Waals surface area (Å²) in [5.41, 5.74) is 3.25. The highest BCUT2D eigenvalue weighted by molar-refractivity contribution is 5.95. The molecule has 0 spiro atoms. The number of hydrogen-bond donors (Lipinski definition) is 0. The lowest BCUT2D eigenvalue weighted by molar-refractivity contribution is -0.160. The second-order valence-corrected chi connectivity index (χ2v) is 9.44. The number of carbonyl (C=O) groups excluding carboxylic acids is 2. The second-order valence-electron chi connectivity index (χ2n) is 9.44. The van der Waals surface area contributed by atoms with Crippen molar-refractivity contribution in [3.05, 3.63) is 71.3 Å². The van der Waals surface area contributed by atoms with Crippen LogP contribution in [0.2, 0.25) is 0 Å². The first-order valence-electron chi connectivity index (χ1n) is 11.7. The van der Waals surface area contributed by atoms with Gasteiger partial charge in [0.1, 0.15) is 12.6 Å². The molecule has 31 heavy (non-hydrogen) atoms. The quantitative estimate of drug-likeness (QED) is 0.701. The topological polar surface area (TPSA) is 40.6 Å². The van der Waals surface area contributed by atoms with Crippen LogP contribution in [0.5, 0.6) is 0 Å². The predicted molar refractivity (Wildman–Crippen MR) is 123 cm³/mol. The molecule has 0 aromatic heterocycles. The lowest BCUT2D eigenvalue weighted by Gasteiger charge is -2.47. The Morgan fingerprint density at radius 3 is 2.35 bits per heavy atom. The van der Waals surface area contributed by atoms with Gasteiger partial charge in [-0.25, -0.2) is 0 Å². The number of amides is 2. The highest BCUT2D eigenvalue weighted by Gasteiger charge is 2.44. The maximum atomic E-state index is 13.9. The van der Waals surface area contributed by atoms with Crippen LogP contribution >= 0.6 is 0 Å². The van der Waals surface area contributed by atoms with Crippen molar-refractivity contribution in [2.75, 3.05) is 13.1 Å². The smallest absolute Gasteiger partial charge is 0.250 e. The van der Waals surface area contributed by atoms with E-state index in [0.29, 0.717) is 18.4 Å². The van der Waals surface area contributed by atoms with E-state index in [4.69, 9.17) is 0 Å². The molecular weight excluding hydrogens is 384 g/mol. The average molecular weight is 419 g/mol. The fraction of sp³-hybridized carbons (Fsp3) is 0.481. The average Bonchev–Trinajstić information content (AvgIpc) is 2.77. The van der Waals surface area contributed by atoms with Gasteiger partial charge in [-0.05, 0) is 42.7 Å². The van der Waals surface area contributed by atoms with Gasteiger partial charge in [-0.1, -0.05) is 86.8 Å². The summed E-state index contributed by atoms with van der Waals surface area (Å²) < 4.78 is 0. The Kier molecular flexibility index (Phi) is 6.45. The van der Waals surface area contributed by atoms with E-state index in [2.05, 4.69) is 26.0 Å². The molecule has 1 aliphatic carbocycles. The molecule has 1 aliphatic heterocycles. The van der Waals surface area contributed by atoms with Crippen LogP contribution in [0.4, 0.5) is 0 Å². The van der Waals surface area contributed by atoms with Gasteiger partial charge in [-0.15, -0.1) is 0 Å². The van der Waals surface area contributed by atoms with Crippen molar-refractivity contribution >= 4 is 11.8 Å². The van der Waals surface area contributed by atoms with Crippen LogP contribution in [0, 0.1) is 18.8 Å². The summed E-state index contributed by atoms with van der Waals surface area (Å²) >= 11 is 0. The molecule has 4 rings (SSSR count). The molecule has 2 aromatic rings. The Labute approximate surface area is 186 Å². The molecule has 2 fully saturated rings. The number of hydrogen-bond acceptors (Lipinski definition) is 2. The third kappa shape index (κ3) is 4.53. The number of rotatable bonds is 5. The maximum absolute atomic E-state index is 13.9. The zero-order chi connectivity index (χ0) is 22.0. The summed E-state index contributed by atoms with van der Waals surface area (Å²) in [4.78, 5) is 31.0. The van der Waals surface area contributed by atoms with E-state index < -0.39 is 6.04 Å². The molecule has 2 aliphatic rings. The first-order valence-corrected chi connectivity index (χ1v) is 11.7. The van der Waals surface area contributed by atoms with Crippen LogP contribution in [-0.4, -0.2) is 40.7 Å². The number of aryl methyl sites for hydroxylation is 1. The van der Waals surface area contributed by atoms with Crippen LogP contribution in [0.3, 0.4) is 0 Å². The summed E-state index contributed by atoms with van der Waals surface area (Å²) in [5, 5.41) is 0. The molecule has 0 N–H and O–H groups in total. The molecule has 2 amide bonds. The van der Waals surface area contributed by atoms with Crippen LogP contribution in [0.25, 0.3) is 0 Å². The van der Waals surface area contributed by atoms with Gasteiger partial charge in [0.05, 0.1) is 0 Å². The molecule has 1 saturated carbocycles. The van der Waals surface area contributed by atoms with Crippen LogP contribution in [-0.2, 0) is 16.0 Å². The van der Waals surface area contributed by atoms with Gasteiger partial charge in [-0.3, -0.25) is 9.59 Å². The first kappa shape index (κ1) is 21.6. The Morgan fingerprint density at radius 2 is 1.65 bits per heavy atom. The predicted octanol–water partition coefficient (Wildman–Crippen LogP) is 4.77. The zero-order valence-corrected chi connectivity index (χ0v) is 19.0. The number of nitrogens with zero attached hydrogens (tertiary/aromatic N) is 2. The summed E-state index contributed by atoms with van der Waals surface area (Å²) in [7, 11) is 0. The Morgan fingerprint density at radius 1 is 0.935 bits per heavy atom. The van der Waals surface area contributed by atoms with Gasteiger partial charge in [0, 0.05) is 12.6 Å². The van der Waals surface area contributed by atoms with Crippen LogP contribution < -0.4 is 0 Å². The van der Waals surface area contributed by atoms with Crippen molar-refractivity contribution in [3.8, 4) is 0 Å².